The van der Waals surface area contributed by atoms with E-state index in [1.807, 2.05) is 0 Å². The van der Waals surface area contributed by atoms with Crippen molar-refractivity contribution in [3.63, 3.8) is 0 Å². The normalized spacial score (nSPS) is 11.4. The highest BCUT2D eigenvalue weighted by molar-refractivity contribution is 5.86. The van der Waals surface area contributed by atoms with E-state index in [1.54, 1.807) is 6.92 Å². The molecule has 0 aromatic heterocycles. The fraction of sp³-hybridized carbons (Fsp3) is 0.556. The van der Waals surface area contributed by atoms with Crippen molar-refractivity contribution in [2.75, 3.05) is 6.61 Å². The Balaban J connectivity index is 3.66. The molecule has 0 rings (SSSR count). The van der Waals surface area contributed by atoms with Gasteiger partial charge in [-0.3, -0.25) is 4.89 Å². The topological polar surface area (TPSA) is 80.3 Å². The zero-order valence-electron chi connectivity index (χ0n) is 9.35. The van der Waals surface area contributed by atoms with Crippen LogP contribution in [0, 0.1) is 0 Å². The van der Waals surface area contributed by atoms with Crippen LogP contribution in [-0.4, -0.2) is 25.0 Å². The van der Waals surface area contributed by atoms with Crippen LogP contribution in [-0.2, 0) is 29.1 Å². The van der Waals surface area contributed by atoms with Gasteiger partial charge >= 0.3 is 12.1 Å². The van der Waals surface area contributed by atoms with Gasteiger partial charge in [-0.05, 0) is 20.8 Å². The zero-order valence-corrected chi connectivity index (χ0v) is 9.35. The maximum absolute atomic E-state index is 10.8. The Hall–Kier alpha value is -1.60. The van der Waals surface area contributed by atoms with Crippen LogP contribution in [0.1, 0.15) is 20.8 Å². The third kappa shape index (κ3) is 6.80. The standard InChI is InChI=1S/C9H14O7/c1-5-12-7(4)13-9(11)15-16-14-8(10)6(2)3/h7H,2,5H2,1,3-4H3. The summed E-state index contributed by atoms with van der Waals surface area (Å²) in [4.78, 5) is 29.5. The van der Waals surface area contributed by atoms with Crippen LogP contribution < -0.4 is 0 Å². The van der Waals surface area contributed by atoms with Gasteiger partial charge in [0.05, 0.1) is 5.04 Å². The molecule has 92 valence electrons. The van der Waals surface area contributed by atoms with Gasteiger partial charge in [-0.25, -0.2) is 14.5 Å². The average molecular weight is 234 g/mol. The van der Waals surface area contributed by atoms with Crippen LogP contribution >= 0.6 is 0 Å². The Labute approximate surface area is 92.7 Å². The van der Waals surface area contributed by atoms with Crippen molar-refractivity contribution in [2.24, 2.45) is 0 Å². The van der Waals surface area contributed by atoms with Crippen LogP contribution in [0.2, 0.25) is 0 Å². The minimum atomic E-state index is -1.18. The molecule has 0 heterocycles. The molecule has 0 amide bonds. The SMILES string of the molecule is C=C(C)C(=O)OOOC(=O)OC(C)OCC. The first-order chi connectivity index (χ1) is 7.47. The number of carbonyl (C=O) groups excluding carboxylic acids is 2. The Morgan fingerprint density at radius 2 is 1.94 bits per heavy atom. The van der Waals surface area contributed by atoms with Crippen molar-refractivity contribution in [3.8, 4) is 0 Å². The molecule has 0 aliphatic heterocycles. The van der Waals surface area contributed by atoms with E-state index in [2.05, 4.69) is 26.1 Å². The molecule has 0 saturated heterocycles. The largest absolute Gasteiger partial charge is 0.545 e. The predicted molar refractivity (Wildman–Crippen MR) is 50.6 cm³/mol. The van der Waals surface area contributed by atoms with Gasteiger partial charge in [-0.15, -0.1) is 0 Å². The monoisotopic (exact) mass is 234 g/mol. The maximum atomic E-state index is 10.8. The lowest BCUT2D eigenvalue weighted by Crippen LogP contribution is -2.19. The second-order valence-electron chi connectivity index (χ2n) is 2.69. The lowest BCUT2D eigenvalue weighted by atomic mass is 10.4. The summed E-state index contributed by atoms with van der Waals surface area (Å²) in [6.07, 6.45) is -1.96. The Kier molecular flexibility index (Phi) is 6.89. The summed E-state index contributed by atoms with van der Waals surface area (Å²) in [6, 6.07) is 0. The minimum Gasteiger partial charge on any atom is -0.403 e. The van der Waals surface area contributed by atoms with E-state index < -0.39 is 18.4 Å². The summed E-state index contributed by atoms with van der Waals surface area (Å²) in [7, 11) is 0. The molecule has 0 aromatic carbocycles. The molecule has 16 heavy (non-hydrogen) atoms. The molecule has 1 unspecified atom stereocenters. The summed E-state index contributed by atoms with van der Waals surface area (Å²) in [5, 5.41) is 3.86. The molecule has 7 heteroatoms. The fourth-order valence-corrected chi connectivity index (χ4v) is 0.571. The predicted octanol–water partition coefficient (Wildman–Crippen LogP) is 1.49. The number of hydrogen-bond acceptors (Lipinski definition) is 7. The molecule has 0 aromatic rings. The minimum absolute atomic E-state index is 0.0969. The van der Waals surface area contributed by atoms with Crippen molar-refractivity contribution in [3.05, 3.63) is 12.2 Å². The molecule has 0 radical (unpaired) electrons. The third-order valence-electron chi connectivity index (χ3n) is 1.22. The lowest BCUT2D eigenvalue weighted by Gasteiger charge is -2.10. The number of ether oxygens (including phenoxy) is 2. The summed E-state index contributed by atoms with van der Waals surface area (Å²) >= 11 is 0. The van der Waals surface area contributed by atoms with Crippen LogP contribution in [0.25, 0.3) is 0 Å². The lowest BCUT2D eigenvalue weighted by molar-refractivity contribution is -0.459. The van der Waals surface area contributed by atoms with E-state index >= 15 is 0 Å². The fourth-order valence-electron chi connectivity index (χ4n) is 0.571. The van der Waals surface area contributed by atoms with Crippen molar-refractivity contribution in [1.82, 2.24) is 0 Å². The Morgan fingerprint density at radius 1 is 1.31 bits per heavy atom. The zero-order chi connectivity index (χ0) is 12.6. The summed E-state index contributed by atoms with van der Waals surface area (Å²) in [6.45, 7) is 8.28. The molecule has 7 nitrogen and oxygen atoms in total. The van der Waals surface area contributed by atoms with Crippen LogP contribution in [0.4, 0.5) is 4.79 Å². The Morgan fingerprint density at radius 3 is 2.44 bits per heavy atom. The highest BCUT2D eigenvalue weighted by Gasteiger charge is 2.13. The van der Waals surface area contributed by atoms with Crippen molar-refractivity contribution in [1.29, 1.82) is 0 Å². The number of rotatable bonds is 6. The van der Waals surface area contributed by atoms with Gasteiger partial charge in [0.2, 0.25) is 6.29 Å². The first-order valence-electron chi connectivity index (χ1n) is 4.50. The van der Waals surface area contributed by atoms with Gasteiger partial charge < -0.3 is 9.47 Å². The van der Waals surface area contributed by atoms with E-state index in [-0.39, 0.29) is 5.57 Å². The summed E-state index contributed by atoms with van der Waals surface area (Å²) in [5.41, 5.74) is 0.0969. The molecular weight excluding hydrogens is 220 g/mol. The first-order valence-corrected chi connectivity index (χ1v) is 4.50. The van der Waals surface area contributed by atoms with E-state index in [4.69, 9.17) is 4.74 Å². The second kappa shape index (κ2) is 7.66. The van der Waals surface area contributed by atoms with Crippen molar-refractivity contribution < 1.29 is 33.9 Å². The molecule has 0 N–H and O–H groups in total. The summed E-state index contributed by atoms with van der Waals surface area (Å²) in [5.74, 6) is -0.856. The molecule has 0 spiro atoms. The van der Waals surface area contributed by atoms with E-state index in [0.29, 0.717) is 6.61 Å². The van der Waals surface area contributed by atoms with Gasteiger partial charge in [0.15, 0.2) is 0 Å². The number of carbonyl (C=O) groups is 2. The van der Waals surface area contributed by atoms with Gasteiger partial charge in [0, 0.05) is 12.2 Å². The van der Waals surface area contributed by atoms with E-state index in [9.17, 15) is 9.59 Å². The average Bonchev–Trinajstić information content (AvgIpc) is 2.17. The second-order valence-corrected chi connectivity index (χ2v) is 2.69. The molecule has 0 aliphatic carbocycles. The molecular formula is C9H14O7. The smallest absolute Gasteiger partial charge is 0.403 e. The highest BCUT2D eigenvalue weighted by atomic mass is 17.5. The molecule has 0 aliphatic rings. The van der Waals surface area contributed by atoms with Crippen molar-refractivity contribution >= 4 is 12.1 Å². The number of hydrogen-bond donors (Lipinski definition) is 0. The summed E-state index contributed by atoms with van der Waals surface area (Å²) < 4.78 is 9.39. The van der Waals surface area contributed by atoms with E-state index in [0.717, 1.165) is 0 Å². The van der Waals surface area contributed by atoms with Crippen LogP contribution in [0.5, 0.6) is 0 Å². The Bertz CT molecular complexity index is 261. The molecule has 0 bridgehead atoms. The van der Waals surface area contributed by atoms with Crippen molar-refractivity contribution in [2.45, 2.75) is 27.1 Å². The van der Waals surface area contributed by atoms with Gasteiger partial charge in [0.25, 0.3) is 0 Å². The quantitative estimate of drug-likeness (QED) is 0.226. The third-order valence-corrected chi connectivity index (χ3v) is 1.22. The maximum Gasteiger partial charge on any atom is 0.545 e. The van der Waals surface area contributed by atoms with Crippen LogP contribution in [0.3, 0.4) is 0 Å². The molecule has 0 saturated carbocycles. The van der Waals surface area contributed by atoms with Gasteiger partial charge in [0.1, 0.15) is 0 Å². The first kappa shape index (κ1) is 14.4. The van der Waals surface area contributed by atoms with Gasteiger partial charge in [-0.2, -0.15) is 0 Å². The van der Waals surface area contributed by atoms with Crippen LogP contribution in [0.15, 0.2) is 12.2 Å². The van der Waals surface area contributed by atoms with Gasteiger partial charge in [-0.1, -0.05) is 6.58 Å². The molecule has 0 fully saturated rings. The highest BCUT2D eigenvalue weighted by Crippen LogP contribution is 1.98. The molecule has 1 atom stereocenters. The van der Waals surface area contributed by atoms with E-state index in [1.165, 1.54) is 13.8 Å².